The highest BCUT2D eigenvalue weighted by atomic mass is 32.1. The Hall–Kier alpha value is -0.970. The van der Waals surface area contributed by atoms with Crippen LogP contribution >= 0.6 is 11.7 Å². The van der Waals surface area contributed by atoms with Gasteiger partial charge in [-0.15, -0.1) is 0 Å². The van der Waals surface area contributed by atoms with E-state index in [4.69, 9.17) is 5.11 Å². The summed E-state index contributed by atoms with van der Waals surface area (Å²) in [6.45, 7) is 0. The topological polar surface area (TPSA) is 63.1 Å². The van der Waals surface area contributed by atoms with Gasteiger partial charge in [0.15, 0.2) is 0 Å². The molecule has 1 aliphatic rings. The van der Waals surface area contributed by atoms with Crippen LogP contribution in [0.25, 0.3) is 0 Å². The molecule has 1 fully saturated rings. The number of nitrogens with zero attached hydrogens (tertiary/aromatic N) is 2. The van der Waals surface area contributed by atoms with Crippen LogP contribution in [0.5, 0.6) is 0 Å². The summed E-state index contributed by atoms with van der Waals surface area (Å²) in [5, 5.41) is 8.86. The molecular formula is C7H8N2O2S. The van der Waals surface area contributed by atoms with Crippen LogP contribution in [0.4, 0.5) is 0 Å². The fourth-order valence-corrected chi connectivity index (χ4v) is 1.66. The van der Waals surface area contributed by atoms with E-state index in [1.807, 2.05) is 0 Å². The first-order valence-electron chi connectivity index (χ1n) is 3.73. The number of hydrogen-bond acceptors (Lipinski definition) is 4. The zero-order chi connectivity index (χ0) is 8.60. The van der Waals surface area contributed by atoms with Gasteiger partial charge in [0.25, 0.3) is 0 Å². The minimum absolute atomic E-state index is 0.504. The van der Waals surface area contributed by atoms with Gasteiger partial charge in [0.1, 0.15) is 0 Å². The van der Waals surface area contributed by atoms with Crippen molar-refractivity contribution in [2.45, 2.75) is 19.3 Å². The third kappa shape index (κ3) is 1.20. The Morgan fingerprint density at radius 1 is 1.75 bits per heavy atom. The highest BCUT2D eigenvalue weighted by molar-refractivity contribution is 6.99. The van der Waals surface area contributed by atoms with Gasteiger partial charge in [-0.2, -0.15) is 8.75 Å². The van der Waals surface area contributed by atoms with Crippen molar-refractivity contribution in [3.63, 3.8) is 0 Å². The molecule has 12 heavy (non-hydrogen) atoms. The van der Waals surface area contributed by atoms with Crippen LogP contribution in [0.3, 0.4) is 0 Å². The van der Waals surface area contributed by atoms with Gasteiger partial charge in [-0.1, -0.05) is 0 Å². The van der Waals surface area contributed by atoms with Crippen LogP contribution in [0.15, 0.2) is 6.20 Å². The van der Waals surface area contributed by atoms with Gasteiger partial charge in [-0.3, -0.25) is 4.79 Å². The summed E-state index contributed by atoms with van der Waals surface area (Å²) in [6, 6.07) is 0. The van der Waals surface area contributed by atoms with Crippen molar-refractivity contribution in [3.05, 3.63) is 11.9 Å². The minimum atomic E-state index is -0.699. The molecule has 0 radical (unpaired) electrons. The lowest BCUT2D eigenvalue weighted by atomic mass is 10.0. The van der Waals surface area contributed by atoms with E-state index in [0.29, 0.717) is 6.42 Å². The molecule has 2 rings (SSSR count). The number of carboxylic acid groups (broad SMARTS) is 1. The predicted octanol–water partition coefficient (Wildman–Crippen LogP) is 0.945. The molecule has 1 heterocycles. The standard InChI is InChI=1S/C7H8N2O2S/c10-6(11)7(1-2-7)3-5-4-8-12-9-5/h4H,1-3H2,(H,10,11). The summed E-state index contributed by atoms with van der Waals surface area (Å²) in [5.74, 6) is -0.699. The number of carboxylic acids is 1. The normalized spacial score (nSPS) is 19.0. The highest BCUT2D eigenvalue weighted by Crippen LogP contribution is 2.48. The van der Waals surface area contributed by atoms with Crippen LogP contribution in [0, 0.1) is 5.41 Å². The molecule has 0 saturated heterocycles. The molecule has 0 unspecified atom stereocenters. The summed E-state index contributed by atoms with van der Waals surface area (Å²) >= 11 is 1.13. The molecule has 1 aromatic heterocycles. The van der Waals surface area contributed by atoms with E-state index in [1.54, 1.807) is 6.20 Å². The van der Waals surface area contributed by atoms with Crippen LogP contribution in [-0.2, 0) is 11.2 Å². The second-order valence-corrected chi connectivity index (χ2v) is 3.72. The van der Waals surface area contributed by atoms with Gasteiger partial charge in [0, 0.05) is 6.42 Å². The SMILES string of the molecule is O=C(O)C1(Cc2cnsn2)CC1. The molecule has 1 aliphatic carbocycles. The van der Waals surface area contributed by atoms with E-state index in [9.17, 15) is 4.79 Å². The lowest BCUT2D eigenvalue weighted by molar-refractivity contribution is -0.143. The van der Waals surface area contributed by atoms with E-state index >= 15 is 0 Å². The van der Waals surface area contributed by atoms with Crippen LogP contribution < -0.4 is 0 Å². The smallest absolute Gasteiger partial charge is 0.310 e. The second kappa shape index (κ2) is 2.52. The van der Waals surface area contributed by atoms with E-state index in [0.717, 1.165) is 30.3 Å². The first-order chi connectivity index (χ1) is 5.73. The van der Waals surface area contributed by atoms with Crippen molar-refractivity contribution in [1.29, 1.82) is 0 Å². The highest BCUT2D eigenvalue weighted by Gasteiger charge is 2.50. The quantitative estimate of drug-likeness (QED) is 0.759. The molecule has 4 nitrogen and oxygen atoms in total. The van der Waals surface area contributed by atoms with E-state index in [1.165, 1.54) is 0 Å². The van der Waals surface area contributed by atoms with Crippen molar-refractivity contribution in [1.82, 2.24) is 8.75 Å². The molecule has 0 amide bonds. The molecule has 0 aromatic carbocycles. The van der Waals surface area contributed by atoms with Crippen molar-refractivity contribution >= 4 is 17.7 Å². The van der Waals surface area contributed by atoms with Gasteiger partial charge >= 0.3 is 5.97 Å². The Morgan fingerprint density at radius 3 is 2.92 bits per heavy atom. The number of carbonyl (C=O) groups is 1. The lowest BCUT2D eigenvalue weighted by Gasteiger charge is -2.04. The maximum Gasteiger partial charge on any atom is 0.310 e. The largest absolute Gasteiger partial charge is 0.481 e. The van der Waals surface area contributed by atoms with Gasteiger partial charge in [0.2, 0.25) is 0 Å². The zero-order valence-corrected chi connectivity index (χ0v) is 7.17. The van der Waals surface area contributed by atoms with Crippen LogP contribution in [-0.4, -0.2) is 19.8 Å². The fourth-order valence-electron chi connectivity index (χ4n) is 1.23. The predicted molar refractivity (Wildman–Crippen MR) is 42.9 cm³/mol. The first-order valence-corrected chi connectivity index (χ1v) is 4.46. The molecule has 1 aromatic rings. The fraction of sp³-hybridized carbons (Fsp3) is 0.571. The van der Waals surface area contributed by atoms with E-state index < -0.39 is 11.4 Å². The molecule has 1 saturated carbocycles. The van der Waals surface area contributed by atoms with Crippen LogP contribution in [0.2, 0.25) is 0 Å². The third-order valence-corrected chi connectivity index (χ3v) is 2.75. The van der Waals surface area contributed by atoms with Crippen molar-refractivity contribution in [2.75, 3.05) is 0 Å². The Balaban J connectivity index is 2.09. The molecular weight excluding hydrogens is 176 g/mol. The molecule has 0 aliphatic heterocycles. The van der Waals surface area contributed by atoms with Crippen molar-refractivity contribution in [3.8, 4) is 0 Å². The Kier molecular flexibility index (Phi) is 1.61. The van der Waals surface area contributed by atoms with E-state index in [2.05, 4.69) is 8.75 Å². The summed E-state index contributed by atoms with van der Waals surface area (Å²) in [4.78, 5) is 10.8. The van der Waals surface area contributed by atoms with Gasteiger partial charge < -0.3 is 5.11 Å². The Morgan fingerprint density at radius 2 is 2.50 bits per heavy atom. The third-order valence-electron chi connectivity index (χ3n) is 2.23. The average Bonchev–Trinajstić information content (AvgIpc) is 2.60. The maximum atomic E-state index is 10.8. The monoisotopic (exact) mass is 184 g/mol. The minimum Gasteiger partial charge on any atom is -0.481 e. The van der Waals surface area contributed by atoms with Gasteiger partial charge in [-0.25, -0.2) is 0 Å². The number of hydrogen-bond donors (Lipinski definition) is 1. The molecule has 64 valence electrons. The number of aromatic nitrogens is 2. The molecule has 5 heteroatoms. The molecule has 1 N–H and O–H groups in total. The number of aliphatic carboxylic acids is 1. The average molecular weight is 184 g/mol. The molecule has 0 bridgehead atoms. The molecule has 0 spiro atoms. The Labute approximate surface area is 73.6 Å². The van der Waals surface area contributed by atoms with Crippen molar-refractivity contribution in [2.24, 2.45) is 5.41 Å². The maximum absolute atomic E-state index is 10.8. The van der Waals surface area contributed by atoms with Crippen molar-refractivity contribution < 1.29 is 9.90 Å². The number of rotatable bonds is 3. The van der Waals surface area contributed by atoms with Gasteiger partial charge in [-0.05, 0) is 12.8 Å². The summed E-state index contributed by atoms with van der Waals surface area (Å²) in [5.41, 5.74) is 0.301. The second-order valence-electron chi connectivity index (χ2n) is 3.16. The van der Waals surface area contributed by atoms with E-state index in [-0.39, 0.29) is 0 Å². The zero-order valence-electron chi connectivity index (χ0n) is 6.36. The molecule has 0 atom stereocenters. The lowest BCUT2D eigenvalue weighted by Crippen LogP contribution is -2.17. The Bertz CT molecular complexity index is 292. The van der Waals surface area contributed by atoms with Crippen LogP contribution in [0.1, 0.15) is 18.5 Å². The summed E-state index contributed by atoms with van der Waals surface area (Å²) in [6.07, 6.45) is 3.74. The summed E-state index contributed by atoms with van der Waals surface area (Å²) in [7, 11) is 0. The van der Waals surface area contributed by atoms with Gasteiger partial charge in [0.05, 0.1) is 29.0 Å². The first kappa shape index (κ1) is 7.67. The summed E-state index contributed by atoms with van der Waals surface area (Å²) < 4.78 is 7.82.